The molecule has 2 aromatic heterocycles. The summed E-state index contributed by atoms with van der Waals surface area (Å²) in [5, 5.41) is 4.18. The Morgan fingerprint density at radius 2 is 1.77 bits per heavy atom. The van der Waals surface area contributed by atoms with Crippen LogP contribution in [0.2, 0.25) is 0 Å². The molecular formula is C28H25N3O3S. The predicted octanol–water partition coefficient (Wildman–Crippen LogP) is 6.10. The van der Waals surface area contributed by atoms with Crippen LogP contribution in [0.25, 0.3) is 27.8 Å². The number of para-hydroxylation sites is 1. The van der Waals surface area contributed by atoms with Crippen molar-refractivity contribution in [2.45, 2.75) is 32.9 Å². The lowest BCUT2D eigenvalue weighted by Gasteiger charge is -2.13. The summed E-state index contributed by atoms with van der Waals surface area (Å²) < 4.78 is 7.43. The first-order valence-corrected chi connectivity index (χ1v) is 12.3. The fraction of sp³-hybridized carbons (Fsp3) is 0.179. The van der Waals surface area contributed by atoms with Crippen LogP contribution in [0.3, 0.4) is 0 Å². The Morgan fingerprint density at radius 3 is 2.54 bits per heavy atom. The van der Waals surface area contributed by atoms with Crippen LogP contribution >= 0.6 is 11.8 Å². The number of aromatic nitrogens is 2. The average molecular weight is 484 g/mol. The molecule has 5 aromatic rings. The second kappa shape index (κ2) is 9.07. The van der Waals surface area contributed by atoms with Gasteiger partial charge in [0.25, 0.3) is 0 Å². The van der Waals surface area contributed by atoms with Gasteiger partial charge in [-0.1, -0.05) is 47.7 Å². The lowest BCUT2D eigenvalue weighted by Crippen LogP contribution is -2.22. The average Bonchev–Trinajstić information content (AvgIpc) is 3.21. The fourth-order valence-corrected chi connectivity index (χ4v) is 4.89. The number of furan rings is 1. The third-order valence-corrected chi connectivity index (χ3v) is 7.04. The van der Waals surface area contributed by atoms with Crippen molar-refractivity contribution in [3.05, 3.63) is 93.3 Å². The van der Waals surface area contributed by atoms with E-state index in [0.717, 1.165) is 33.3 Å². The molecule has 0 fully saturated rings. The molecule has 0 spiro atoms. The van der Waals surface area contributed by atoms with Crippen molar-refractivity contribution in [2.75, 3.05) is 11.1 Å². The number of fused-ring (bicyclic) bond motifs is 3. The van der Waals surface area contributed by atoms with Gasteiger partial charge in [0.1, 0.15) is 11.1 Å². The topological polar surface area (TPSA) is 77.1 Å². The molecule has 0 saturated heterocycles. The molecule has 0 saturated carbocycles. The third-order valence-electron chi connectivity index (χ3n) is 6.10. The Balaban J connectivity index is 1.57. The first kappa shape index (κ1) is 22.9. The van der Waals surface area contributed by atoms with Gasteiger partial charge in [-0.05, 0) is 74.7 Å². The summed E-state index contributed by atoms with van der Waals surface area (Å²) in [4.78, 5) is 31.3. The highest BCUT2D eigenvalue weighted by atomic mass is 32.2. The van der Waals surface area contributed by atoms with Crippen LogP contribution in [-0.4, -0.2) is 21.2 Å². The highest BCUT2D eigenvalue weighted by Crippen LogP contribution is 2.29. The van der Waals surface area contributed by atoms with E-state index in [9.17, 15) is 9.59 Å². The van der Waals surface area contributed by atoms with Gasteiger partial charge in [0.15, 0.2) is 5.16 Å². The number of aryl methyl sites for hydroxylation is 4. The maximum absolute atomic E-state index is 13.6. The number of carbonyl (C=O) groups excluding carboxylic acids is 1. The summed E-state index contributed by atoms with van der Waals surface area (Å²) in [7, 11) is 0. The van der Waals surface area contributed by atoms with Crippen molar-refractivity contribution in [1.82, 2.24) is 9.55 Å². The Hall–Kier alpha value is -3.84. The van der Waals surface area contributed by atoms with Crippen LogP contribution in [0.4, 0.5) is 5.69 Å². The molecule has 6 nitrogen and oxygen atoms in total. The number of carbonyl (C=O) groups is 1. The summed E-state index contributed by atoms with van der Waals surface area (Å²) >= 11 is 1.23. The minimum absolute atomic E-state index is 0.103. The summed E-state index contributed by atoms with van der Waals surface area (Å²) in [5.74, 6) is -0.0636. The van der Waals surface area contributed by atoms with Crippen molar-refractivity contribution in [3.63, 3.8) is 0 Å². The largest absolute Gasteiger partial charge is 0.448 e. The van der Waals surface area contributed by atoms with Crippen LogP contribution in [0.15, 0.2) is 75.0 Å². The van der Waals surface area contributed by atoms with Crippen molar-refractivity contribution >= 4 is 45.4 Å². The Morgan fingerprint density at radius 1 is 0.971 bits per heavy atom. The molecular weight excluding hydrogens is 458 g/mol. The highest BCUT2D eigenvalue weighted by Gasteiger charge is 2.20. The van der Waals surface area contributed by atoms with E-state index >= 15 is 0 Å². The number of hydrogen-bond acceptors (Lipinski definition) is 5. The number of amides is 1. The molecule has 2 heterocycles. The number of hydrogen-bond donors (Lipinski definition) is 1. The van der Waals surface area contributed by atoms with Crippen molar-refractivity contribution in [1.29, 1.82) is 0 Å². The van der Waals surface area contributed by atoms with Crippen LogP contribution in [0, 0.1) is 27.7 Å². The first-order valence-electron chi connectivity index (χ1n) is 11.3. The minimum atomic E-state index is -0.299. The van der Waals surface area contributed by atoms with Gasteiger partial charge in [-0.3, -0.25) is 14.2 Å². The number of rotatable bonds is 5. The smallest absolute Gasteiger partial charge is 0.302 e. The zero-order chi connectivity index (χ0) is 24.7. The van der Waals surface area contributed by atoms with Crippen molar-refractivity contribution in [2.24, 2.45) is 0 Å². The molecule has 35 heavy (non-hydrogen) atoms. The molecule has 3 aromatic carbocycles. The van der Waals surface area contributed by atoms with E-state index in [-0.39, 0.29) is 22.8 Å². The van der Waals surface area contributed by atoms with Crippen LogP contribution in [-0.2, 0) is 4.79 Å². The maximum atomic E-state index is 13.6. The number of benzene rings is 3. The molecule has 5 rings (SSSR count). The van der Waals surface area contributed by atoms with Crippen LogP contribution in [0.1, 0.15) is 22.3 Å². The molecule has 1 N–H and O–H groups in total. The number of nitrogens with one attached hydrogen (secondary N) is 1. The molecule has 0 radical (unpaired) electrons. The van der Waals surface area contributed by atoms with Gasteiger partial charge in [-0.2, -0.15) is 0 Å². The second-order valence-corrected chi connectivity index (χ2v) is 9.68. The molecule has 0 atom stereocenters. The Bertz CT molecular complexity index is 1670. The lowest BCUT2D eigenvalue weighted by molar-refractivity contribution is -0.113. The molecule has 0 aliphatic carbocycles. The molecule has 0 bridgehead atoms. The van der Waals surface area contributed by atoms with E-state index in [1.54, 1.807) is 0 Å². The summed E-state index contributed by atoms with van der Waals surface area (Å²) in [6.45, 7) is 8.01. The van der Waals surface area contributed by atoms with Gasteiger partial charge in [0.2, 0.25) is 11.5 Å². The first-order chi connectivity index (χ1) is 16.8. The van der Waals surface area contributed by atoms with Gasteiger partial charge >= 0.3 is 5.56 Å². The van der Waals surface area contributed by atoms with Crippen molar-refractivity contribution in [3.8, 4) is 5.69 Å². The van der Waals surface area contributed by atoms with Gasteiger partial charge in [-0.25, -0.2) is 4.98 Å². The Kier molecular flexibility index (Phi) is 5.94. The van der Waals surface area contributed by atoms with E-state index in [4.69, 9.17) is 9.40 Å². The fourth-order valence-electron chi connectivity index (χ4n) is 4.08. The molecule has 1 amide bonds. The van der Waals surface area contributed by atoms with Gasteiger partial charge in [0.05, 0.1) is 11.4 Å². The second-order valence-electron chi connectivity index (χ2n) is 8.73. The van der Waals surface area contributed by atoms with E-state index in [0.29, 0.717) is 21.9 Å². The summed E-state index contributed by atoms with van der Waals surface area (Å²) in [6, 6.07) is 19.2. The zero-order valence-corrected chi connectivity index (χ0v) is 20.8. The molecule has 0 aliphatic heterocycles. The molecule has 0 unspecified atom stereocenters. The van der Waals surface area contributed by atoms with E-state index in [1.807, 2.05) is 88.4 Å². The quantitative estimate of drug-likeness (QED) is 0.242. The zero-order valence-electron chi connectivity index (χ0n) is 20.0. The molecule has 0 aliphatic rings. The SMILES string of the molecule is Cc1ccc(NC(=O)CSc2nc3c(oc4ccccc43)c(=O)n2-c2ccc(C)c(C)c2)c(C)c1. The molecule has 7 heteroatoms. The van der Waals surface area contributed by atoms with E-state index in [1.165, 1.54) is 16.3 Å². The minimum Gasteiger partial charge on any atom is -0.448 e. The Labute approximate surface area is 207 Å². The van der Waals surface area contributed by atoms with Crippen LogP contribution < -0.4 is 10.9 Å². The molecule has 176 valence electrons. The van der Waals surface area contributed by atoms with E-state index < -0.39 is 0 Å². The van der Waals surface area contributed by atoms with Gasteiger partial charge < -0.3 is 9.73 Å². The highest BCUT2D eigenvalue weighted by molar-refractivity contribution is 7.99. The number of thioether (sulfide) groups is 1. The van der Waals surface area contributed by atoms with Gasteiger partial charge in [-0.15, -0.1) is 0 Å². The number of anilines is 1. The summed E-state index contributed by atoms with van der Waals surface area (Å²) in [5.41, 5.74) is 6.79. The van der Waals surface area contributed by atoms with Gasteiger partial charge in [0, 0.05) is 11.1 Å². The lowest BCUT2D eigenvalue weighted by atomic mass is 10.1. The predicted molar refractivity (Wildman–Crippen MR) is 142 cm³/mol. The standard InChI is InChI=1S/C28H25N3O3S/c1-16-9-12-22(19(4)13-16)29-24(32)15-35-28-30-25-21-7-5-6-8-23(21)34-26(25)27(33)31(28)20-11-10-17(2)18(3)14-20/h5-14H,15H2,1-4H3,(H,29,32). The maximum Gasteiger partial charge on any atom is 0.302 e. The van der Waals surface area contributed by atoms with Crippen molar-refractivity contribution < 1.29 is 9.21 Å². The third kappa shape index (κ3) is 4.35. The van der Waals surface area contributed by atoms with Crippen LogP contribution in [0.5, 0.6) is 0 Å². The van der Waals surface area contributed by atoms with E-state index in [2.05, 4.69) is 5.32 Å². The number of nitrogens with zero attached hydrogens (tertiary/aromatic N) is 2. The monoisotopic (exact) mass is 483 g/mol. The summed E-state index contributed by atoms with van der Waals surface area (Å²) in [6.07, 6.45) is 0. The normalized spacial score (nSPS) is 11.3.